The largest absolute Gasteiger partial charge is 0.496 e. The summed E-state index contributed by atoms with van der Waals surface area (Å²) in [4.78, 5) is 16.6. The minimum Gasteiger partial charge on any atom is -0.496 e. The van der Waals surface area contributed by atoms with Gasteiger partial charge in [-0.1, -0.05) is 36.4 Å². The number of hydrogen-bond donors (Lipinski definition) is 2. The third-order valence-corrected chi connectivity index (χ3v) is 4.66. The summed E-state index contributed by atoms with van der Waals surface area (Å²) in [7, 11) is 2.90. The second-order valence-corrected chi connectivity index (χ2v) is 6.46. The maximum absolute atomic E-state index is 11.9. The van der Waals surface area contributed by atoms with E-state index < -0.39 is 5.97 Å². The second kappa shape index (κ2) is 8.68. The van der Waals surface area contributed by atoms with E-state index in [1.54, 1.807) is 12.1 Å². The van der Waals surface area contributed by atoms with Crippen LogP contribution in [0.4, 0.5) is 0 Å². The molecule has 0 saturated carbocycles. The molecule has 2 N–H and O–H groups in total. The summed E-state index contributed by atoms with van der Waals surface area (Å²) in [6.45, 7) is 3.41. The van der Waals surface area contributed by atoms with Gasteiger partial charge in [0.15, 0.2) is 0 Å². The van der Waals surface area contributed by atoms with Gasteiger partial charge in [0.05, 0.1) is 32.8 Å². The molecule has 0 spiro atoms. The van der Waals surface area contributed by atoms with Gasteiger partial charge in [0.25, 0.3) is 0 Å². The van der Waals surface area contributed by atoms with E-state index in [2.05, 4.69) is 34.7 Å². The van der Waals surface area contributed by atoms with Gasteiger partial charge in [-0.3, -0.25) is 4.99 Å². The van der Waals surface area contributed by atoms with E-state index in [-0.39, 0.29) is 12.1 Å². The van der Waals surface area contributed by atoms with Crippen molar-refractivity contribution in [3.8, 4) is 5.75 Å². The number of nitrogens with one attached hydrogen (secondary N) is 2. The number of aliphatic imine (C=N–C) groups is 1. The third kappa shape index (κ3) is 4.46. The zero-order valence-electron chi connectivity index (χ0n) is 15.9. The lowest BCUT2D eigenvalue weighted by Crippen LogP contribution is -2.40. The van der Waals surface area contributed by atoms with Crippen molar-refractivity contribution in [1.82, 2.24) is 10.6 Å². The molecule has 0 radical (unpaired) electrons. The summed E-state index contributed by atoms with van der Waals surface area (Å²) < 4.78 is 10.1. The van der Waals surface area contributed by atoms with Crippen LogP contribution in [0.25, 0.3) is 0 Å². The predicted molar refractivity (Wildman–Crippen MR) is 105 cm³/mol. The molecular weight excluding hydrogens is 342 g/mol. The normalized spacial score (nSPS) is 17.0. The minimum absolute atomic E-state index is 0.0717. The summed E-state index contributed by atoms with van der Waals surface area (Å²) in [5.41, 5.74) is 2.63. The average Bonchev–Trinajstić information content (AvgIpc) is 3.22. The van der Waals surface area contributed by atoms with Gasteiger partial charge in [-0.25, -0.2) is 4.79 Å². The van der Waals surface area contributed by atoms with Crippen LogP contribution in [0, 0.1) is 0 Å². The Bertz CT molecular complexity index is 821. The van der Waals surface area contributed by atoms with Crippen molar-refractivity contribution >= 4 is 11.8 Å². The molecule has 0 aromatic heterocycles. The lowest BCUT2D eigenvalue weighted by molar-refractivity contribution is 0.0597. The highest BCUT2D eigenvalue weighted by Crippen LogP contribution is 2.21. The van der Waals surface area contributed by atoms with Gasteiger partial charge >= 0.3 is 5.97 Å². The molecule has 2 aromatic rings. The fraction of sp³-hybridized carbons (Fsp3) is 0.333. The zero-order valence-corrected chi connectivity index (χ0v) is 15.9. The summed E-state index contributed by atoms with van der Waals surface area (Å²) in [5.74, 6) is 1.05. The van der Waals surface area contributed by atoms with Gasteiger partial charge in [-0.15, -0.1) is 0 Å². The molecule has 1 aliphatic heterocycles. The van der Waals surface area contributed by atoms with Crippen LogP contribution in [0.1, 0.15) is 34.5 Å². The van der Waals surface area contributed by atoms with E-state index in [9.17, 15) is 4.79 Å². The highest BCUT2D eigenvalue weighted by molar-refractivity contribution is 5.92. The number of amidine groups is 1. The smallest absolute Gasteiger partial charge is 0.341 e. The van der Waals surface area contributed by atoms with E-state index >= 15 is 0 Å². The zero-order chi connectivity index (χ0) is 19.2. The fourth-order valence-corrected chi connectivity index (χ4v) is 3.10. The van der Waals surface area contributed by atoms with Gasteiger partial charge in [-0.05, 0) is 30.2 Å². The van der Waals surface area contributed by atoms with E-state index in [0.29, 0.717) is 17.9 Å². The molecule has 2 aromatic carbocycles. The predicted octanol–water partition coefficient (Wildman–Crippen LogP) is 2.70. The molecule has 2 atom stereocenters. The SMILES string of the molecule is COC(=O)c1cc(CN[C@@H](C)C2=NCC(c3ccccc3)N2)ccc1OC. The van der Waals surface area contributed by atoms with Crippen molar-refractivity contribution in [1.29, 1.82) is 0 Å². The van der Waals surface area contributed by atoms with Crippen LogP contribution in [0.3, 0.4) is 0 Å². The molecule has 1 unspecified atom stereocenters. The number of methoxy groups -OCH3 is 2. The van der Waals surface area contributed by atoms with Gasteiger partial charge in [0.1, 0.15) is 17.1 Å². The first-order chi connectivity index (χ1) is 13.1. The summed E-state index contributed by atoms with van der Waals surface area (Å²) in [5, 5.41) is 6.94. The van der Waals surface area contributed by atoms with E-state index in [4.69, 9.17) is 9.47 Å². The number of rotatable bonds is 7. The lowest BCUT2D eigenvalue weighted by atomic mass is 10.1. The Balaban J connectivity index is 1.59. The van der Waals surface area contributed by atoms with Crippen LogP contribution < -0.4 is 15.4 Å². The summed E-state index contributed by atoms with van der Waals surface area (Å²) in [6.07, 6.45) is 0. The monoisotopic (exact) mass is 367 g/mol. The van der Waals surface area contributed by atoms with Crippen molar-refractivity contribution in [2.45, 2.75) is 25.6 Å². The Labute approximate surface area is 159 Å². The van der Waals surface area contributed by atoms with Gasteiger partial charge in [0.2, 0.25) is 0 Å². The number of carbonyl (C=O) groups excluding carboxylic acids is 1. The first-order valence-electron chi connectivity index (χ1n) is 8.96. The first-order valence-corrected chi connectivity index (χ1v) is 8.96. The number of esters is 1. The minimum atomic E-state index is -0.408. The fourth-order valence-electron chi connectivity index (χ4n) is 3.10. The molecule has 0 aliphatic carbocycles. The molecule has 0 bridgehead atoms. The van der Waals surface area contributed by atoms with Gasteiger partial charge in [0, 0.05) is 6.54 Å². The average molecular weight is 367 g/mol. The molecule has 0 saturated heterocycles. The molecular formula is C21H25N3O3. The van der Waals surface area contributed by atoms with E-state index in [1.807, 2.05) is 24.3 Å². The van der Waals surface area contributed by atoms with Crippen molar-refractivity contribution in [3.63, 3.8) is 0 Å². The van der Waals surface area contributed by atoms with Crippen molar-refractivity contribution in [2.24, 2.45) is 4.99 Å². The first kappa shape index (κ1) is 18.9. The highest BCUT2D eigenvalue weighted by Gasteiger charge is 2.22. The molecule has 0 amide bonds. The van der Waals surface area contributed by atoms with Gasteiger partial charge in [-0.2, -0.15) is 0 Å². The van der Waals surface area contributed by atoms with Crippen molar-refractivity contribution in [3.05, 3.63) is 65.2 Å². The summed E-state index contributed by atoms with van der Waals surface area (Å²) >= 11 is 0. The molecule has 3 rings (SSSR count). The second-order valence-electron chi connectivity index (χ2n) is 6.46. The number of ether oxygens (including phenoxy) is 2. The highest BCUT2D eigenvalue weighted by atomic mass is 16.5. The van der Waals surface area contributed by atoms with Crippen LogP contribution in [-0.4, -0.2) is 38.6 Å². The molecule has 0 fully saturated rings. The quantitative estimate of drug-likeness (QED) is 0.736. The molecule has 1 heterocycles. The van der Waals surface area contributed by atoms with Crippen LogP contribution >= 0.6 is 0 Å². The van der Waals surface area contributed by atoms with Crippen LogP contribution in [-0.2, 0) is 11.3 Å². The summed E-state index contributed by atoms with van der Waals surface area (Å²) in [6, 6.07) is 16.1. The number of carbonyl (C=O) groups is 1. The standard InChI is InChI=1S/C21H25N3O3/c1-14(20-23-13-18(24-20)16-7-5-4-6-8-16)22-12-15-9-10-19(26-2)17(11-15)21(25)27-3/h4-11,14,18,22H,12-13H2,1-3H3,(H,23,24)/t14-,18?/m0/s1. The number of benzene rings is 2. The topological polar surface area (TPSA) is 72.0 Å². The van der Waals surface area contributed by atoms with Crippen LogP contribution in [0.2, 0.25) is 0 Å². The third-order valence-electron chi connectivity index (χ3n) is 4.66. The molecule has 6 nitrogen and oxygen atoms in total. The van der Waals surface area contributed by atoms with E-state index in [0.717, 1.165) is 17.9 Å². The van der Waals surface area contributed by atoms with E-state index in [1.165, 1.54) is 19.8 Å². The Morgan fingerprint density at radius 2 is 2.04 bits per heavy atom. The van der Waals surface area contributed by atoms with Crippen LogP contribution in [0.5, 0.6) is 5.75 Å². The molecule has 27 heavy (non-hydrogen) atoms. The maximum Gasteiger partial charge on any atom is 0.341 e. The Morgan fingerprint density at radius 3 is 2.74 bits per heavy atom. The van der Waals surface area contributed by atoms with Crippen LogP contribution in [0.15, 0.2) is 53.5 Å². The molecule has 1 aliphatic rings. The molecule has 142 valence electrons. The lowest BCUT2D eigenvalue weighted by Gasteiger charge is -2.18. The van der Waals surface area contributed by atoms with Crippen molar-refractivity contribution < 1.29 is 14.3 Å². The Kier molecular flexibility index (Phi) is 6.08. The Hall–Kier alpha value is -2.86. The number of hydrogen-bond acceptors (Lipinski definition) is 6. The maximum atomic E-state index is 11.9. The van der Waals surface area contributed by atoms with Crippen molar-refractivity contribution in [2.75, 3.05) is 20.8 Å². The van der Waals surface area contributed by atoms with Gasteiger partial charge < -0.3 is 20.1 Å². The number of nitrogens with zero attached hydrogens (tertiary/aromatic N) is 1. The Morgan fingerprint density at radius 1 is 1.26 bits per heavy atom. The molecule has 6 heteroatoms.